The Hall–Kier alpha value is -2.50. The zero-order chi connectivity index (χ0) is 18.4. The van der Waals surface area contributed by atoms with Gasteiger partial charge in [-0.25, -0.2) is 4.98 Å². The van der Waals surface area contributed by atoms with Crippen LogP contribution in [-0.2, 0) is 11.2 Å². The molecule has 6 heteroatoms. The van der Waals surface area contributed by atoms with Crippen molar-refractivity contribution in [3.05, 3.63) is 47.9 Å². The fourth-order valence-corrected chi connectivity index (χ4v) is 3.36. The van der Waals surface area contributed by atoms with E-state index in [1.54, 1.807) is 6.20 Å². The molecule has 1 amide bonds. The second-order valence-corrected chi connectivity index (χ2v) is 7.03. The van der Waals surface area contributed by atoms with E-state index < -0.39 is 0 Å². The van der Waals surface area contributed by atoms with Gasteiger partial charge in [-0.15, -0.1) is 0 Å². The number of hydrogen-bond donors (Lipinski definition) is 0. The number of aromatic nitrogens is 3. The number of likely N-dealkylation sites (tertiary alicyclic amines) is 1. The van der Waals surface area contributed by atoms with E-state index in [0.717, 1.165) is 62.4 Å². The molecule has 1 aliphatic heterocycles. The predicted molar refractivity (Wildman–Crippen MR) is 102 cm³/mol. The third-order valence-corrected chi connectivity index (χ3v) is 5.01. The van der Waals surface area contributed by atoms with Crippen LogP contribution in [0.15, 0.2) is 36.7 Å². The van der Waals surface area contributed by atoms with Gasteiger partial charge in [0, 0.05) is 45.0 Å². The van der Waals surface area contributed by atoms with Gasteiger partial charge in [0.05, 0.1) is 5.69 Å². The molecule has 0 aliphatic carbocycles. The SMILES string of the molecule is Cc1ccc(N(C)CCN2CC[C@H](CCCc3cccnn3)C2=O)nc1. The molecule has 26 heavy (non-hydrogen) atoms. The van der Waals surface area contributed by atoms with Gasteiger partial charge in [0.15, 0.2) is 0 Å². The number of amides is 1. The molecule has 1 saturated heterocycles. The summed E-state index contributed by atoms with van der Waals surface area (Å²) >= 11 is 0. The standard InChI is InChI=1S/C20H27N5O/c1-16-8-9-19(21-15-16)24(2)13-14-25-12-10-17(20(25)26)5-3-6-18-7-4-11-22-23-18/h4,7-9,11,15,17H,3,5-6,10,12-14H2,1-2H3/t17-/m0/s1. The molecular formula is C20H27N5O. The number of carbonyl (C=O) groups is 1. The maximum atomic E-state index is 12.6. The lowest BCUT2D eigenvalue weighted by atomic mass is 10.00. The third kappa shape index (κ3) is 4.77. The Bertz CT molecular complexity index is 704. The van der Waals surface area contributed by atoms with E-state index in [0.29, 0.717) is 5.91 Å². The Morgan fingerprint density at radius 2 is 2.19 bits per heavy atom. The summed E-state index contributed by atoms with van der Waals surface area (Å²) in [6.07, 6.45) is 7.33. The normalized spacial score (nSPS) is 16.9. The highest BCUT2D eigenvalue weighted by molar-refractivity contribution is 5.80. The van der Waals surface area contributed by atoms with Gasteiger partial charge in [-0.3, -0.25) is 4.79 Å². The van der Waals surface area contributed by atoms with Crippen molar-refractivity contribution in [3.63, 3.8) is 0 Å². The Morgan fingerprint density at radius 3 is 2.92 bits per heavy atom. The molecule has 0 spiro atoms. The van der Waals surface area contributed by atoms with Gasteiger partial charge in [0.25, 0.3) is 0 Å². The van der Waals surface area contributed by atoms with Crippen LogP contribution in [0.4, 0.5) is 5.82 Å². The molecule has 6 nitrogen and oxygen atoms in total. The van der Waals surface area contributed by atoms with Gasteiger partial charge in [0.1, 0.15) is 5.82 Å². The molecule has 1 fully saturated rings. The van der Waals surface area contributed by atoms with Crippen molar-refractivity contribution in [3.8, 4) is 0 Å². The zero-order valence-corrected chi connectivity index (χ0v) is 15.6. The van der Waals surface area contributed by atoms with E-state index in [1.165, 1.54) is 0 Å². The summed E-state index contributed by atoms with van der Waals surface area (Å²) < 4.78 is 0. The Labute approximate surface area is 155 Å². The molecule has 0 unspecified atom stereocenters. The van der Waals surface area contributed by atoms with Crippen molar-refractivity contribution in [2.24, 2.45) is 5.92 Å². The zero-order valence-electron chi connectivity index (χ0n) is 15.6. The number of pyridine rings is 1. The van der Waals surface area contributed by atoms with Crippen molar-refractivity contribution < 1.29 is 4.79 Å². The summed E-state index contributed by atoms with van der Waals surface area (Å²) in [4.78, 5) is 21.1. The maximum absolute atomic E-state index is 12.6. The van der Waals surface area contributed by atoms with Gasteiger partial charge in [0.2, 0.25) is 5.91 Å². The van der Waals surface area contributed by atoms with Crippen LogP contribution in [0.1, 0.15) is 30.5 Å². The summed E-state index contributed by atoms with van der Waals surface area (Å²) in [5.74, 6) is 1.41. The van der Waals surface area contributed by atoms with Gasteiger partial charge < -0.3 is 9.80 Å². The predicted octanol–water partition coefficient (Wildman–Crippen LogP) is 2.49. The summed E-state index contributed by atoms with van der Waals surface area (Å²) in [5, 5.41) is 8.00. The molecule has 3 rings (SSSR count). The summed E-state index contributed by atoms with van der Waals surface area (Å²) in [6.45, 7) is 4.45. The first-order chi connectivity index (χ1) is 12.6. The van der Waals surface area contributed by atoms with Crippen LogP contribution < -0.4 is 4.90 Å². The lowest BCUT2D eigenvalue weighted by Crippen LogP contribution is -2.35. The second kappa shape index (κ2) is 8.74. The van der Waals surface area contributed by atoms with Gasteiger partial charge in [-0.1, -0.05) is 6.07 Å². The minimum atomic E-state index is 0.162. The Balaban J connectivity index is 1.41. The maximum Gasteiger partial charge on any atom is 0.225 e. The molecule has 138 valence electrons. The molecule has 1 aliphatic rings. The Morgan fingerprint density at radius 1 is 1.31 bits per heavy atom. The Kier molecular flexibility index (Phi) is 6.15. The molecule has 0 aromatic carbocycles. The summed E-state index contributed by atoms with van der Waals surface area (Å²) in [5.41, 5.74) is 2.16. The van der Waals surface area contributed by atoms with E-state index in [1.807, 2.05) is 43.3 Å². The number of hydrogen-bond acceptors (Lipinski definition) is 5. The van der Waals surface area contributed by atoms with E-state index in [4.69, 9.17) is 0 Å². The smallest absolute Gasteiger partial charge is 0.225 e. The number of nitrogens with zero attached hydrogens (tertiary/aromatic N) is 5. The van der Waals surface area contributed by atoms with Crippen molar-refractivity contribution in [1.82, 2.24) is 20.1 Å². The average molecular weight is 353 g/mol. The number of aryl methyl sites for hydroxylation is 2. The summed E-state index contributed by atoms with van der Waals surface area (Å²) in [6, 6.07) is 7.98. The first-order valence-electron chi connectivity index (χ1n) is 9.32. The minimum absolute atomic E-state index is 0.162. The van der Waals surface area contributed by atoms with Crippen LogP contribution in [0.5, 0.6) is 0 Å². The van der Waals surface area contributed by atoms with E-state index in [2.05, 4.69) is 26.1 Å². The molecule has 0 bridgehead atoms. The molecule has 0 N–H and O–H groups in total. The lowest BCUT2D eigenvalue weighted by Gasteiger charge is -2.23. The van der Waals surface area contributed by atoms with E-state index >= 15 is 0 Å². The highest BCUT2D eigenvalue weighted by atomic mass is 16.2. The molecule has 2 aromatic rings. The first-order valence-corrected chi connectivity index (χ1v) is 9.32. The second-order valence-electron chi connectivity index (χ2n) is 7.03. The average Bonchev–Trinajstić information content (AvgIpc) is 3.01. The van der Waals surface area contributed by atoms with Gasteiger partial charge in [-0.05, 0) is 56.4 Å². The van der Waals surface area contributed by atoms with E-state index in [-0.39, 0.29) is 5.92 Å². The molecule has 0 radical (unpaired) electrons. The number of likely N-dealkylation sites (N-methyl/N-ethyl adjacent to an activating group) is 1. The highest BCUT2D eigenvalue weighted by Crippen LogP contribution is 2.23. The van der Waals surface area contributed by atoms with Gasteiger partial charge in [-0.2, -0.15) is 10.2 Å². The lowest BCUT2D eigenvalue weighted by molar-refractivity contribution is -0.131. The number of anilines is 1. The fraction of sp³-hybridized carbons (Fsp3) is 0.500. The molecule has 1 atom stereocenters. The minimum Gasteiger partial charge on any atom is -0.358 e. The summed E-state index contributed by atoms with van der Waals surface area (Å²) in [7, 11) is 2.02. The molecular weight excluding hydrogens is 326 g/mol. The fourth-order valence-electron chi connectivity index (χ4n) is 3.36. The van der Waals surface area contributed by atoms with Crippen LogP contribution in [0.25, 0.3) is 0 Å². The largest absolute Gasteiger partial charge is 0.358 e. The topological polar surface area (TPSA) is 62.2 Å². The van der Waals surface area contributed by atoms with Crippen LogP contribution in [-0.4, -0.2) is 52.7 Å². The van der Waals surface area contributed by atoms with Crippen LogP contribution in [0.2, 0.25) is 0 Å². The number of rotatable bonds is 8. The van der Waals surface area contributed by atoms with Crippen LogP contribution in [0, 0.1) is 12.8 Å². The first kappa shape index (κ1) is 18.3. The third-order valence-electron chi connectivity index (χ3n) is 5.01. The van der Waals surface area contributed by atoms with Crippen molar-refractivity contribution in [1.29, 1.82) is 0 Å². The highest BCUT2D eigenvalue weighted by Gasteiger charge is 2.30. The quantitative estimate of drug-likeness (QED) is 0.730. The molecule has 2 aromatic heterocycles. The van der Waals surface area contributed by atoms with Crippen molar-refractivity contribution in [2.45, 2.75) is 32.6 Å². The van der Waals surface area contributed by atoms with Crippen molar-refractivity contribution >= 4 is 11.7 Å². The van der Waals surface area contributed by atoms with E-state index in [9.17, 15) is 4.79 Å². The monoisotopic (exact) mass is 353 g/mol. The molecule has 0 saturated carbocycles. The van der Waals surface area contributed by atoms with Crippen molar-refractivity contribution in [2.75, 3.05) is 31.6 Å². The van der Waals surface area contributed by atoms with Gasteiger partial charge >= 0.3 is 0 Å². The molecule has 3 heterocycles. The van der Waals surface area contributed by atoms with Crippen LogP contribution >= 0.6 is 0 Å². The van der Waals surface area contributed by atoms with Crippen LogP contribution in [0.3, 0.4) is 0 Å². The number of carbonyl (C=O) groups excluding carboxylic acids is 1.